The van der Waals surface area contributed by atoms with Gasteiger partial charge >= 0.3 is 0 Å². The van der Waals surface area contributed by atoms with Gasteiger partial charge in [-0.3, -0.25) is 14.5 Å². The standard InChI is InChI=1S/C23H19ClF3N3O3/c1-30(12-20(31)28-17-9-8-16(25)22(26)23(17)27)13-21(32)29-18-11-14(24)7-10-19(18)33-15-5-3-2-4-6-15/h2-11H,12-13H2,1H3,(H,28,31)(H,29,32). The second kappa shape index (κ2) is 10.8. The summed E-state index contributed by atoms with van der Waals surface area (Å²) in [7, 11) is 1.49. The molecule has 172 valence electrons. The minimum Gasteiger partial charge on any atom is -0.455 e. The number of hydrogen-bond donors (Lipinski definition) is 2. The number of rotatable bonds is 8. The summed E-state index contributed by atoms with van der Waals surface area (Å²) in [6, 6.07) is 15.3. The van der Waals surface area contributed by atoms with Gasteiger partial charge < -0.3 is 15.4 Å². The monoisotopic (exact) mass is 477 g/mol. The first-order chi connectivity index (χ1) is 15.7. The van der Waals surface area contributed by atoms with Crippen molar-refractivity contribution in [2.75, 3.05) is 30.8 Å². The van der Waals surface area contributed by atoms with Crippen molar-refractivity contribution in [3.8, 4) is 11.5 Å². The predicted molar refractivity (Wildman–Crippen MR) is 119 cm³/mol. The molecule has 0 heterocycles. The van der Waals surface area contributed by atoms with Crippen LogP contribution in [-0.4, -0.2) is 36.9 Å². The highest BCUT2D eigenvalue weighted by Gasteiger charge is 2.17. The van der Waals surface area contributed by atoms with Gasteiger partial charge in [0.15, 0.2) is 23.2 Å². The molecule has 2 amide bonds. The summed E-state index contributed by atoms with van der Waals surface area (Å²) >= 11 is 6.04. The molecule has 0 bridgehead atoms. The molecule has 0 spiro atoms. The number of hydrogen-bond acceptors (Lipinski definition) is 4. The average molecular weight is 478 g/mol. The van der Waals surface area contributed by atoms with Crippen LogP contribution in [0.5, 0.6) is 11.5 Å². The van der Waals surface area contributed by atoms with Crippen LogP contribution in [0.25, 0.3) is 0 Å². The first-order valence-corrected chi connectivity index (χ1v) is 10.0. The van der Waals surface area contributed by atoms with Crippen LogP contribution in [0.4, 0.5) is 24.5 Å². The Balaban J connectivity index is 1.59. The molecule has 0 saturated heterocycles. The number of halogens is 4. The molecule has 3 rings (SSSR count). The second-order valence-corrected chi connectivity index (χ2v) is 7.48. The van der Waals surface area contributed by atoms with Crippen LogP contribution in [0.3, 0.4) is 0 Å². The van der Waals surface area contributed by atoms with Crippen LogP contribution in [-0.2, 0) is 9.59 Å². The Kier molecular flexibility index (Phi) is 7.92. The fourth-order valence-corrected chi connectivity index (χ4v) is 3.02. The molecule has 2 N–H and O–H groups in total. The van der Waals surface area contributed by atoms with Crippen molar-refractivity contribution in [3.05, 3.63) is 83.1 Å². The van der Waals surface area contributed by atoms with E-state index in [2.05, 4.69) is 10.6 Å². The lowest BCUT2D eigenvalue weighted by atomic mass is 10.2. The van der Waals surface area contributed by atoms with Gasteiger partial charge in [0.05, 0.1) is 24.5 Å². The molecule has 0 aliphatic rings. The molecular weight excluding hydrogens is 459 g/mol. The number of anilines is 2. The van der Waals surface area contributed by atoms with Gasteiger partial charge in [0.1, 0.15) is 5.75 Å². The van der Waals surface area contributed by atoms with Crippen LogP contribution in [0.2, 0.25) is 5.02 Å². The molecule has 3 aromatic rings. The van der Waals surface area contributed by atoms with Crippen molar-refractivity contribution < 1.29 is 27.5 Å². The van der Waals surface area contributed by atoms with Crippen LogP contribution in [0.15, 0.2) is 60.7 Å². The number of nitrogens with zero attached hydrogens (tertiary/aromatic N) is 1. The van der Waals surface area contributed by atoms with Gasteiger partial charge in [-0.05, 0) is 49.5 Å². The highest BCUT2D eigenvalue weighted by atomic mass is 35.5. The summed E-state index contributed by atoms with van der Waals surface area (Å²) in [6.07, 6.45) is 0. The number of para-hydroxylation sites is 1. The lowest BCUT2D eigenvalue weighted by Gasteiger charge is -2.17. The number of nitrogens with one attached hydrogen (secondary N) is 2. The summed E-state index contributed by atoms with van der Waals surface area (Å²) in [5, 5.41) is 5.20. The zero-order chi connectivity index (χ0) is 24.0. The third-order valence-corrected chi connectivity index (χ3v) is 4.56. The van der Waals surface area contributed by atoms with Gasteiger partial charge in [0, 0.05) is 5.02 Å². The molecule has 0 aromatic heterocycles. The van der Waals surface area contributed by atoms with E-state index in [4.69, 9.17) is 16.3 Å². The third-order valence-electron chi connectivity index (χ3n) is 4.32. The summed E-state index contributed by atoms with van der Waals surface area (Å²) in [5.41, 5.74) is -0.170. The number of ether oxygens (including phenoxy) is 1. The molecule has 0 fully saturated rings. The minimum atomic E-state index is -1.68. The van der Waals surface area contributed by atoms with Crippen LogP contribution < -0.4 is 15.4 Å². The third kappa shape index (κ3) is 6.71. The summed E-state index contributed by atoms with van der Waals surface area (Å²) in [6.45, 7) is -0.514. The smallest absolute Gasteiger partial charge is 0.238 e. The Morgan fingerprint density at radius 3 is 2.18 bits per heavy atom. The molecule has 6 nitrogen and oxygen atoms in total. The molecule has 0 aliphatic heterocycles. The van der Waals surface area contributed by atoms with E-state index in [0.29, 0.717) is 28.3 Å². The van der Waals surface area contributed by atoms with Gasteiger partial charge in [-0.2, -0.15) is 0 Å². The van der Waals surface area contributed by atoms with Crippen molar-refractivity contribution >= 4 is 34.8 Å². The van der Waals surface area contributed by atoms with Gasteiger partial charge in [0.2, 0.25) is 11.8 Å². The molecule has 0 aliphatic carbocycles. The number of benzene rings is 3. The Morgan fingerprint density at radius 1 is 0.879 bits per heavy atom. The van der Waals surface area contributed by atoms with Gasteiger partial charge in [-0.25, -0.2) is 13.2 Å². The van der Waals surface area contributed by atoms with E-state index in [0.717, 1.165) is 6.07 Å². The quantitative estimate of drug-likeness (QED) is 0.445. The fraction of sp³-hybridized carbons (Fsp3) is 0.130. The Labute approximate surface area is 192 Å². The van der Waals surface area contributed by atoms with Crippen molar-refractivity contribution in [2.45, 2.75) is 0 Å². The minimum absolute atomic E-state index is 0.203. The highest BCUT2D eigenvalue weighted by Crippen LogP contribution is 2.32. The van der Waals surface area contributed by atoms with E-state index in [1.807, 2.05) is 6.07 Å². The first-order valence-electron chi connectivity index (χ1n) is 9.67. The Bertz CT molecular complexity index is 1160. The van der Waals surface area contributed by atoms with E-state index < -0.39 is 35.0 Å². The normalized spacial score (nSPS) is 10.7. The Hall–Kier alpha value is -3.56. The topological polar surface area (TPSA) is 70.7 Å². The lowest BCUT2D eigenvalue weighted by molar-refractivity contribution is -0.119. The molecule has 0 atom stereocenters. The van der Waals surface area contributed by atoms with E-state index in [9.17, 15) is 22.8 Å². The second-order valence-electron chi connectivity index (χ2n) is 7.05. The van der Waals surface area contributed by atoms with E-state index in [1.54, 1.807) is 36.4 Å². The fourth-order valence-electron chi connectivity index (χ4n) is 2.85. The maximum absolute atomic E-state index is 13.7. The molecular formula is C23H19ClF3N3O3. The molecule has 3 aromatic carbocycles. The van der Waals surface area contributed by atoms with Gasteiger partial charge in [-0.15, -0.1) is 0 Å². The summed E-state index contributed by atoms with van der Waals surface area (Å²) < 4.78 is 45.8. The highest BCUT2D eigenvalue weighted by molar-refractivity contribution is 6.31. The van der Waals surface area contributed by atoms with E-state index in [-0.39, 0.29) is 13.1 Å². The number of amides is 2. The predicted octanol–water partition coefficient (Wildman–Crippen LogP) is 5.06. The zero-order valence-electron chi connectivity index (χ0n) is 17.4. The van der Waals surface area contributed by atoms with Crippen molar-refractivity contribution in [3.63, 3.8) is 0 Å². The molecule has 33 heavy (non-hydrogen) atoms. The Morgan fingerprint density at radius 2 is 1.52 bits per heavy atom. The van der Waals surface area contributed by atoms with Crippen LogP contribution >= 0.6 is 11.6 Å². The summed E-state index contributed by atoms with van der Waals surface area (Å²) in [4.78, 5) is 25.9. The number of likely N-dealkylation sites (N-methyl/N-ethyl adjacent to an activating group) is 1. The molecule has 0 saturated carbocycles. The summed E-state index contributed by atoms with van der Waals surface area (Å²) in [5.74, 6) is -4.81. The van der Waals surface area contributed by atoms with Crippen molar-refractivity contribution in [1.29, 1.82) is 0 Å². The molecule has 0 unspecified atom stereocenters. The maximum Gasteiger partial charge on any atom is 0.238 e. The van der Waals surface area contributed by atoms with Gasteiger partial charge in [0.25, 0.3) is 0 Å². The average Bonchev–Trinajstić information content (AvgIpc) is 2.76. The molecule has 0 radical (unpaired) electrons. The number of carbonyl (C=O) groups is 2. The van der Waals surface area contributed by atoms with Crippen LogP contribution in [0, 0.1) is 17.5 Å². The van der Waals surface area contributed by atoms with E-state index in [1.165, 1.54) is 18.0 Å². The van der Waals surface area contributed by atoms with E-state index >= 15 is 0 Å². The van der Waals surface area contributed by atoms with Crippen molar-refractivity contribution in [2.24, 2.45) is 0 Å². The SMILES string of the molecule is CN(CC(=O)Nc1cc(Cl)ccc1Oc1ccccc1)CC(=O)Nc1ccc(F)c(F)c1F. The first kappa shape index (κ1) is 24.1. The molecule has 10 heteroatoms. The maximum atomic E-state index is 13.7. The number of carbonyl (C=O) groups excluding carboxylic acids is 2. The van der Waals surface area contributed by atoms with Crippen molar-refractivity contribution in [1.82, 2.24) is 4.90 Å². The van der Waals surface area contributed by atoms with Crippen LogP contribution in [0.1, 0.15) is 0 Å². The largest absolute Gasteiger partial charge is 0.455 e. The zero-order valence-corrected chi connectivity index (χ0v) is 18.1. The van der Waals surface area contributed by atoms with Gasteiger partial charge in [-0.1, -0.05) is 29.8 Å². The lowest BCUT2D eigenvalue weighted by Crippen LogP contribution is -2.36.